The number of carbonyl (C=O) groups excluding carboxylic acids is 2. The first-order valence-corrected chi connectivity index (χ1v) is 9.57. The zero-order chi connectivity index (χ0) is 24.9. The zero-order valence-electron chi connectivity index (χ0n) is 17.1. The van der Waals surface area contributed by atoms with Crippen LogP contribution in [-0.4, -0.2) is 48.6 Å². The molecule has 0 radical (unpaired) electrons. The number of anilines is 1. The van der Waals surface area contributed by atoms with Gasteiger partial charge in [0.05, 0.1) is 12.8 Å². The molecule has 178 valence electrons. The van der Waals surface area contributed by atoms with E-state index in [4.69, 9.17) is 4.74 Å². The van der Waals surface area contributed by atoms with Crippen molar-refractivity contribution in [2.75, 3.05) is 12.0 Å². The van der Waals surface area contributed by atoms with Crippen LogP contribution in [0.5, 0.6) is 5.75 Å². The molecule has 1 unspecified atom stereocenters. The minimum absolute atomic E-state index is 0.0959. The standard InChI is InChI=1S/C21H14F6N4O3/c1-34-13-9-5-6-11(10-13)15-28-16-14(19(30-15,20(22,23)24)21(25,26)27)17(32)29-18(33)31(16)12-7-3-2-4-8-12/h2-10,14H,1H3,(H,29,32,33). The molecule has 2 heterocycles. The second kappa shape index (κ2) is 7.85. The normalized spacial score (nSPS) is 20.2. The molecule has 0 spiro atoms. The quantitative estimate of drug-likeness (QED) is 0.667. The van der Waals surface area contributed by atoms with Gasteiger partial charge in [0.2, 0.25) is 5.91 Å². The molecule has 0 saturated carbocycles. The van der Waals surface area contributed by atoms with Crippen LogP contribution in [0.25, 0.3) is 0 Å². The lowest BCUT2D eigenvalue weighted by Crippen LogP contribution is -2.73. The minimum Gasteiger partial charge on any atom is -0.497 e. The molecule has 34 heavy (non-hydrogen) atoms. The average Bonchev–Trinajstić information content (AvgIpc) is 2.77. The number of amidine groups is 2. The van der Waals surface area contributed by atoms with E-state index in [1.807, 2.05) is 0 Å². The Labute approximate surface area is 187 Å². The van der Waals surface area contributed by atoms with Crippen LogP contribution in [0.1, 0.15) is 5.56 Å². The highest BCUT2D eigenvalue weighted by atomic mass is 19.4. The van der Waals surface area contributed by atoms with E-state index in [1.165, 1.54) is 55.6 Å². The minimum atomic E-state index is -6.08. The van der Waals surface area contributed by atoms with Crippen LogP contribution < -0.4 is 15.0 Å². The number of halogens is 6. The average molecular weight is 484 g/mol. The summed E-state index contributed by atoms with van der Waals surface area (Å²) in [6.07, 6.45) is -12.2. The van der Waals surface area contributed by atoms with Crippen LogP contribution in [0, 0.1) is 5.92 Å². The number of aliphatic imine (C=N–C) groups is 2. The molecule has 0 aromatic heterocycles. The highest BCUT2D eigenvalue weighted by Crippen LogP contribution is 2.53. The lowest BCUT2D eigenvalue weighted by molar-refractivity contribution is -0.302. The number of benzene rings is 2. The molecule has 13 heteroatoms. The van der Waals surface area contributed by atoms with Gasteiger partial charge in [-0.25, -0.2) is 19.7 Å². The molecule has 2 aliphatic rings. The molecule has 0 aliphatic carbocycles. The molecular weight excluding hydrogens is 470 g/mol. The van der Waals surface area contributed by atoms with E-state index >= 15 is 0 Å². The van der Waals surface area contributed by atoms with Gasteiger partial charge >= 0.3 is 18.4 Å². The Kier molecular flexibility index (Phi) is 5.37. The maximum atomic E-state index is 14.3. The first kappa shape index (κ1) is 23.3. The number of rotatable bonds is 3. The Balaban J connectivity index is 2.06. The summed E-state index contributed by atoms with van der Waals surface area (Å²) in [4.78, 5) is 32.6. The summed E-state index contributed by atoms with van der Waals surface area (Å²) in [5.41, 5.74) is -5.25. The van der Waals surface area contributed by atoms with Gasteiger partial charge in [0.25, 0.3) is 5.54 Å². The summed E-state index contributed by atoms with van der Waals surface area (Å²) in [5, 5.41) is 1.58. The molecule has 1 fully saturated rings. The number of fused-ring (bicyclic) bond motifs is 1. The molecule has 2 aromatic carbocycles. The Morgan fingerprint density at radius 3 is 2.21 bits per heavy atom. The molecule has 2 aromatic rings. The monoisotopic (exact) mass is 484 g/mol. The molecule has 1 atom stereocenters. The highest BCUT2D eigenvalue weighted by molar-refractivity contribution is 6.33. The number of hydrogen-bond acceptors (Lipinski definition) is 5. The number of para-hydroxylation sites is 1. The Bertz CT molecular complexity index is 1190. The molecule has 1 N–H and O–H groups in total. The Morgan fingerprint density at radius 1 is 0.971 bits per heavy atom. The van der Waals surface area contributed by atoms with Gasteiger partial charge in [-0.2, -0.15) is 26.3 Å². The van der Waals surface area contributed by atoms with Gasteiger partial charge < -0.3 is 4.74 Å². The van der Waals surface area contributed by atoms with Crippen LogP contribution >= 0.6 is 0 Å². The summed E-state index contributed by atoms with van der Waals surface area (Å²) in [5.74, 6) is -6.74. The predicted octanol–water partition coefficient (Wildman–Crippen LogP) is 4.09. The van der Waals surface area contributed by atoms with E-state index < -0.39 is 47.4 Å². The second-order valence-corrected chi connectivity index (χ2v) is 7.30. The van der Waals surface area contributed by atoms with Crippen LogP contribution in [0.3, 0.4) is 0 Å². The first-order chi connectivity index (χ1) is 15.9. The van der Waals surface area contributed by atoms with E-state index in [9.17, 15) is 35.9 Å². The molecule has 3 amide bonds. The first-order valence-electron chi connectivity index (χ1n) is 9.57. The fourth-order valence-corrected chi connectivity index (χ4v) is 3.77. The van der Waals surface area contributed by atoms with E-state index in [2.05, 4.69) is 9.98 Å². The van der Waals surface area contributed by atoms with Crippen molar-refractivity contribution in [1.82, 2.24) is 5.32 Å². The summed E-state index contributed by atoms with van der Waals surface area (Å²) in [6, 6.07) is 10.7. The van der Waals surface area contributed by atoms with Crippen molar-refractivity contribution < 1.29 is 40.7 Å². The lowest BCUT2D eigenvalue weighted by Gasteiger charge is -2.45. The Morgan fingerprint density at radius 2 is 1.62 bits per heavy atom. The topological polar surface area (TPSA) is 83.4 Å². The SMILES string of the molecule is COc1cccc(C2=NC(C(F)(F)F)(C(F)(F)F)C3C(=O)NC(=O)N(c4ccccc4)C3=N2)c1. The molecule has 0 bridgehead atoms. The van der Waals surface area contributed by atoms with Crippen LogP contribution in [0.2, 0.25) is 0 Å². The summed E-state index contributed by atoms with van der Waals surface area (Å²) >= 11 is 0. The van der Waals surface area contributed by atoms with E-state index in [-0.39, 0.29) is 17.0 Å². The third kappa shape index (κ3) is 3.47. The third-order valence-electron chi connectivity index (χ3n) is 5.31. The van der Waals surface area contributed by atoms with Crippen molar-refractivity contribution in [3.8, 4) is 5.75 Å². The predicted molar refractivity (Wildman–Crippen MR) is 108 cm³/mol. The van der Waals surface area contributed by atoms with E-state index in [0.29, 0.717) is 4.90 Å². The zero-order valence-corrected chi connectivity index (χ0v) is 17.1. The molecule has 1 saturated heterocycles. The van der Waals surface area contributed by atoms with Gasteiger partial charge in [-0.05, 0) is 24.3 Å². The van der Waals surface area contributed by atoms with Gasteiger partial charge in [-0.15, -0.1) is 0 Å². The smallest absolute Gasteiger partial charge is 0.423 e. The van der Waals surface area contributed by atoms with Crippen molar-refractivity contribution in [3.05, 3.63) is 60.2 Å². The third-order valence-corrected chi connectivity index (χ3v) is 5.31. The van der Waals surface area contributed by atoms with Crippen molar-refractivity contribution >= 4 is 29.3 Å². The van der Waals surface area contributed by atoms with Crippen molar-refractivity contribution in [2.24, 2.45) is 15.9 Å². The summed E-state index contributed by atoms with van der Waals surface area (Å²) < 4.78 is 90.8. The number of nitrogens with one attached hydrogen (secondary N) is 1. The van der Waals surface area contributed by atoms with Crippen molar-refractivity contribution in [1.29, 1.82) is 0 Å². The highest BCUT2D eigenvalue weighted by Gasteiger charge is 2.79. The largest absolute Gasteiger partial charge is 0.497 e. The van der Waals surface area contributed by atoms with Gasteiger partial charge in [0, 0.05) is 5.56 Å². The van der Waals surface area contributed by atoms with Gasteiger partial charge in [0.1, 0.15) is 17.5 Å². The number of imide groups is 1. The number of ether oxygens (including phenoxy) is 1. The maximum Gasteiger partial charge on any atom is 0.423 e. The van der Waals surface area contributed by atoms with Gasteiger partial charge in [0.15, 0.2) is 5.84 Å². The van der Waals surface area contributed by atoms with Gasteiger partial charge in [-0.3, -0.25) is 10.1 Å². The van der Waals surface area contributed by atoms with E-state index in [0.717, 1.165) is 6.07 Å². The number of carbonyl (C=O) groups is 2. The van der Waals surface area contributed by atoms with Crippen molar-refractivity contribution in [3.63, 3.8) is 0 Å². The van der Waals surface area contributed by atoms with E-state index in [1.54, 1.807) is 5.32 Å². The summed E-state index contributed by atoms with van der Waals surface area (Å²) in [7, 11) is 1.25. The van der Waals surface area contributed by atoms with Crippen molar-refractivity contribution in [2.45, 2.75) is 17.9 Å². The number of nitrogens with zero attached hydrogens (tertiary/aromatic N) is 3. The molecule has 2 aliphatic heterocycles. The fraction of sp³-hybridized carbons (Fsp3) is 0.238. The van der Waals surface area contributed by atoms with Crippen LogP contribution in [-0.2, 0) is 4.79 Å². The van der Waals surface area contributed by atoms with Crippen LogP contribution in [0.4, 0.5) is 36.8 Å². The fourth-order valence-electron chi connectivity index (χ4n) is 3.77. The van der Waals surface area contributed by atoms with Crippen LogP contribution in [0.15, 0.2) is 64.6 Å². The molecule has 4 rings (SSSR count). The van der Waals surface area contributed by atoms with Gasteiger partial charge in [-0.1, -0.05) is 30.3 Å². The second-order valence-electron chi connectivity index (χ2n) is 7.30. The summed E-state index contributed by atoms with van der Waals surface area (Å²) in [6.45, 7) is 0. The number of methoxy groups -OCH3 is 1. The maximum absolute atomic E-state index is 14.3. The molecule has 7 nitrogen and oxygen atoms in total. The number of hydrogen-bond donors (Lipinski definition) is 1. The number of amides is 3. The number of urea groups is 1. The lowest BCUT2D eigenvalue weighted by atomic mass is 9.78. The Hall–Kier alpha value is -3.90. The number of alkyl halides is 6. The molecular formula is C21H14F6N4O3.